The summed E-state index contributed by atoms with van der Waals surface area (Å²) in [4.78, 5) is 21.4. The minimum absolute atomic E-state index is 0.0268. The second kappa shape index (κ2) is 11.1. The molecule has 3 aliphatic heterocycles. The van der Waals surface area contributed by atoms with Gasteiger partial charge in [0, 0.05) is 76.1 Å². The zero-order valence-corrected chi connectivity index (χ0v) is 20.7. The maximum Gasteiger partial charge on any atom is 0.227 e. The van der Waals surface area contributed by atoms with Crippen molar-refractivity contribution in [2.24, 2.45) is 0 Å². The summed E-state index contributed by atoms with van der Waals surface area (Å²) in [7, 11) is 0. The van der Waals surface area contributed by atoms with E-state index in [1.807, 2.05) is 12.1 Å². The maximum atomic E-state index is 14.0. The second-order valence-corrected chi connectivity index (χ2v) is 9.82. The largest absolute Gasteiger partial charge is 0.377 e. The number of amides is 1. The van der Waals surface area contributed by atoms with Crippen LogP contribution in [-0.2, 0) is 16.0 Å². The van der Waals surface area contributed by atoms with Crippen LogP contribution in [0.2, 0.25) is 5.02 Å². The monoisotopic (exact) mass is 502 g/mol. The summed E-state index contributed by atoms with van der Waals surface area (Å²) in [6.07, 6.45) is 2.73. The Hall–Kier alpha value is -2.49. The smallest absolute Gasteiger partial charge is 0.227 e. The molecule has 1 unspecified atom stereocenters. The van der Waals surface area contributed by atoms with Gasteiger partial charge in [-0.3, -0.25) is 9.69 Å². The van der Waals surface area contributed by atoms with Crippen molar-refractivity contribution in [3.63, 3.8) is 0 Å². The van der Waals surface area contributed by atoms with Gasteiger partial charge in [0.15, 0.2) is 11.6 Å². The van der Waals surface area contributed by atoms with Gasteiger partial charge in [0.2, 0.25) is 5.91 Å². The van der Waals surface area contributed by atoms with Crippen LogP contribution in [-0.4, -0.2) is 97.5 Å². The Morgan fingerprint density at radius 1 is 0.971 bits per heavy atom. The zero-order valence-electron chi connectivity index (χ0n) is 19.9. The van der Waals surface area contributed by atoms with E-state index < -0.39 is 5.82 Å². The Morgan fingerprint density at radius 2 is 1.63 bits per heavy atom. The van der Waals surface area contributed by atoms with Crippen LogP contribution in [0, 0.1) is 5.82 Å². The lowest BCUT2D eigenvalue weighted by Gasteiger charge is -2.37. The van der Waals surface area contributed by atoms with E-state index in [-0.39, 0.29) is 22.9 Å². The third kappa shape index (κ3) is 5.85. The molecule has 0 N–H and O–H groups in total. The van der Waals surface area contributed by atoms with Crippen molar-refractivity contribution < 1.29 is 13.9 Å². The summed E-state index contributed by atoms with van der Waals surface area (Å²) in [6.45, 7) is 8.26. The van der Waals surface area contributed by atoms with Crippen LogP contribution in [0.1, 0.15) is 18.4 Å². The van der Waals surface area contributed by atoms with Crippen LogP contribution in [0.5, 0.6) is 0 Å². The SMILES string of the molecule is O=C(Cc1c(F)cccc1Cl)N1CCN(c2ccc(N3CCN(CC4CCCO4)CC3)nn2)CC1. The molecule has 0 bridgehead atoms. The average molecular weight is 503 g/mol. The number of aromatic nitrogens is 2. The number of carbonyl (C=O) groups is 1. The predicted octanol–water partition coefficient (Wildman–Crippen LogP) is 2.46. The highest BCUT2D eigenvalue weighted by atomic mass is 35.5. The van der Waals surface area contributed by atoms with Gasteiger partial charge in [0.05, 0.1) is 12.5 Å². The topological polar surface area (TPSA) is 65.0 Å². The lowest BCUT2D eigenvalue weighted by molar-refractivity contribution is -0.130. The fourth-order valence-corrected chi connectivity index (χ4v) is 5.27. The summed E-state index contributed by atoms with van der Waals surface area (Å²) in [5.41, 5.74) is 0.260. The first-order valence-corrected chi connectivity index (χ1v) is 12.8. The molecular formula is C25H32ClFN6O2. The van der Waals surface area contributed by atoms with Gasteiger partial charge in [-0.25, -0.2) is 4.39 Å². The Bertz CT molecular complexity index is 983. The van der Waals surface area contributed by atoms with Crippen molar-refractivity contribution in [1.29, 1.82) is 0 Å². The Balaban J connectivity index is 1.09. The van der Waals surface area contributed by atoms with E-state index in [9.17, 15) is 9.18 Å². The van der Waals surface area contributed by atoms with Gasteiger partial charge in [-0.05, 0) is 37.1 Å². The second-order valence-electron chi connectivity index (χ2n) is 9.42. The van der Waals surface area contributed by atoms with E-state index in [0.29, 0.717) is 32.3 Å². The number of carbonyl (C=O) groups excluding carboxylic acids is 1. The molecule has 0 radical (unpaired) electrons. The molecule has 0 aliphatic carbocycles. The Labute approximate surface area is 210 Å². The van der Waals surface area contributed by atoms with Gasteiger partial charge in [-0.1, -0.05) is 17.7 Å². The molecule has 3 aliphatic rings. The quantitative estimate of drug-likeness (QED) is 0.601. The highest BCUT2D eigenvalue weighted by Gasteiger charge is 2.25. The number of hydrogen-bond acceptors (Lipinski definition) is 7. The molecule has 8 nitrogen and oxygen atoms in total. The molecule has 2 aromatic rings. The third-order valence-electron chi connectivity index (χ3n) is 7.16. The normalized spacial score (nSPS) is 21.5. The minimum atomic E-state index is -0.441. The van der Waals surface area contributed by atoms with Crippen LogP contribution in [0.4, 0.5) is 16.0 Å². The predicted molar refractivity (Wildman–Crippen MR) is 134 cm³/mol. The van der Waals surface area contributed by atoms with E-state index in [4.69, 9.17) is 16.3 Å². The van der Waals surface area contributed by atoms with Gasteiger partial charge in [0.25, 0.3) is 0 Å². The highest BCUT2D eigenvalue weighted by molar-refractivity contribution is 6.31. The molecule has 1 aromatic carbocycles. The number of piperazine rings is 2. The van der Waals surface area contributed by atoms with Crippen molar-refractivity contribution in [1.82, 2.24) is 20.0 Å². The summed E-state index contributed by atoms with van der Waals surface area (Å²) >= 11 is 6.08. The number of benzene rings is 1. The Kier molecular flexibility index (Phi) is 7.65. The summed E-state index contributed by atoms with van der Waals surface area (Å²) < 4.78 is 19.8. The first kappa shape index (κ1) is 24.2. The summed E-state index contributed by atoms with van der Waals surface area (Å²) in [6, 6.07) is 8.54. The van der Waals surface area contributed by atoms with Gasteiger partial charge in [-0.2, -0.15) is 0 Å². The van der Waals surface area contributed by atoms with Crippen molar-refractivity contribution in [2.45, 2.75) is 25.4 Å². The number of ether oxygens (including phenoxy) is 1. The van der Waals surface area contributed by atoms with E-state index in [2.05, 4.69) is 24.9 Å². The van der Waals surface area contributed by atoms with Crippen molar-refractivity contribution >= 4 is 29.1 Å². The zero-order chi connectivity index (χ0) is 24.2. The van der Waals surface area contributed by atoms with Crippen LogP contribution in [0.25, 0.3) is 0 Å². The van der Waals surface area contributed by atoms with Gasteiger partial charge >= 0.3 is 0 Å². The van der Waals surface area contributed by atoms with Crippen LogP contribution >= 0.6 is 11.6 Å². The molecule has 10 heteroatoms. The van der Waals surface area contributed by atoms with Crippen LogP contribution in [0.3, 0.4) is 0 Å². The highest BCUT2D eigenvalue weighted by Crippen LogP contribution is 2.22. The molecule has 3 fully saturated rings. The van der Waals surface area contributed by atoms with E-state index in [1.165, 1.54) is 18.9 Å². The van der Waals surface area contributed by atoms with Crippen molar-refractivity contribution in [2.75, 3.05) is 75.3 Å². The van der Waals surface area contributed by atoms with Gasteiger partial charge in [0.1, 0.15) is 5.82 Å². The van der Waals surface area contributed by atoms with E-state index >= 15 is 0 Å². The average Bonchev–Trinajstić information content (AvgIpc) is 3.40. The number of anilines is 2. The van der Waals surface area contributed by atoms with Gasteiger partial charge in [-0.15, -0.1) is 10.2 Å². The maximum absolute atomic E-state index is 14.0. The fraction of sp³-hybridized carbons (Fsp3) is 0.560. The van der Waals surface area contributed by atoms with Crippen LogP contribution < -0.4 is 9.80 Å². The standard InChI is InChI=1S/C25H32ClFN6O2/c26-21-4-1-5-22(27)20(21)17-25(34)33-14-12-32(13-15-33)24-7-6-23(28-29-24)31-10-8-30(9-11-31)18-19-3-2-16-35-19/h1,4-7,19H,2-3,8-18H2. The third-order valence-corrected chi connectivity index (χ3v) is 7.52. The number of halogens is 2. The molecule has 5 rings (SSSR count). The van der Waals surface area contributed by atoms with Gasteiger partial charge < -0.3 is 19.4 Å². The number of rotatable bonds is 6. The molecule has 0 spiro atoms. The Morgan fingerprint density at radius 3 is 2.20 bits per heavy atom. The molecule has 0 saturated carbocycles. The molecular weight excluding hydrogens is 471 g/mol. The van der Waals surface area contributed by atoms with Crippen molar-refractivity contribution in [3.05, 3.63) is 46.7 Å². The van der Waals surface area contributed by atoms with E-state index in [1.54, 1.807) is 17.0 Å². The molecule has 1 atom stereocenters. The number of hydrogen-bond donors (Lipinski definition) is 0. The lowest BCUT2D eigenvalue weighted by atomic mass is 10.1. The molecule has 4 heterocycles. The fourth-order valence-electron chi connectivity index (χ4n) is 5.04. The minimum Gasteiger partial charge on any atom is -0.377 e. The summed E-state index contributed by atoms with van der Waals surface area (Å²) in [5, 5.41) is 9.25. The lowest BCUT2D eigenvalue weighted by Crippen LogP contribution is -2.50. The number of nitrogens with zero attached hydrogens (tertiary/aromatic N) is 6. The molecule has 1 aromatic heterocycles. The summed E-state index contributed by atoms with van der Waals surface area (Å²) in [5.74, 6) is 1.16. The van der Waals surface area contributed by atoms with Crippen molar-refractivity contribution in [3.8, 4) is 0 Å². The molecule has 1 amide bonds. The van der Waals surface area contributed by atoms with E-state index in [0.717, 1.165) is 51.0 Å². The molecule has 188 valence electrons. The first-order chi connectivity index (χ1) is 17.1. The molecule has 3 saturated heterocycles. The molecule has 35 heavy (non-hydrogen) atoms. The first-order valence-electron chi connectivity index (χ1n) is 12.4. The van der Waals surface area contributed by atoms with Crippen LogP contribution in [0.15, 0.2) is 30.3 Å².